The molecule has 2 aromatic heterocycles. The number of halogens is 1. The zero-order valence-electron chi connectivity index (χ0n) is 9.58. The number of hydrogen-bond acceptors (Lipinski definition) is 5. The largest absolute Gasteiger partial charge is 0.300 e. The van der Waals surface area contributed by atoms with Crippen LogP contribution in [0.25, 0.3) is 10.2 Å². The molecule has 0 fully saturated rings. The van der Waals surface area contributed by atoms with Crippen molar-refractivity contribution in [1.82, 2.24) is 19.7 Å². The Labute approximate surface area is 110 Å². The summed E-state index contributed by atoms with van der Waals surface area (Å²) in [6.45, 7) is 0.0401. The van der Waals surface area contributed by atoms with E-state index in [1.807, 2.05) is 0 Å². The zero-order valence-corrected chi connectivity index (χ0v) is 10.4. The number of amides is 1. The van der Waals surface area contributed by atoms with E-state index in [1.165, 1.54) is 34.7 Å². The minimum Gasteiger partial charge on any atom is -0.300 e. The maximum atomic E-state index is 13.5. The van der Waals surface area contributed by atoms with Gasteiger partial charge in [0.15, 0.2) is 5.13 Å². The van der Waals surface area contributed by atoms with E-state index in [-0.39, 0.29) is 18.0 Å². The molecule has 0 aliphatic carbocycles. The lowest BCUT2D eigenvalue weighted by atomic mass is 10.3. The van der Waals surface area contributed by atoms with Crippen LogP contribution in [0.5, 0.6) is 0 Å². The Morgan fingerprint density at radius 1 is 1.47 bits per heavy atom. The topological polar surface area (TPSA) is 72.7 Å². The predicted molar refractivity (Wildman–Crippen MR) is 68.2 cm³/mol. The van der Waals surface area contributed by atoms with Crippen molar-refractivity contribution >= 4 is 32.6 Å². The van der Waals surface area contributed by atoms with E-state index in [4.69, 9.17) is 0 Å². The van der Waals surface area contributed by atoms with Crippen LogP contribution in [0.1, 0.15) is 0 Å². The molecule has 1 aromatic carbocycles. The molecule has 0 aliphatic rings. The summed E-state index contributed by atoms with van der Waals surface area (Å²) in [6, 6.07) is 4.70. The highest BCUT2D eigenvalue weighted by atomic mass is 32.1. The molecule has 3 rings (SSSR count). The molecule has 0 atom stereocenters. The molecule has 6 nitrogen and oxygen atoms in total. The number of aromatic nitrogens is 4. The first-order valence-corrected chi connectivity index (χ1v) is 6.21. The average Bonchev–Trinajstić information content (AvgIpc) is 2.98. The van der Waals surface area contributed by atoms with Crippen LogP contribution in [0, 0.1) is 5.82 Å². The Hall–Kier alpha value is -2.35. The number of rotatable bonds is 3. The highest BCUT2D eigenvalue weighted by Gasteiger charge is 2.10. The van der Waals surface area contributed by atoms with Crippen LogP contribution >= 0.6 is 11.3 Å². The second kappa shape index (κ2) is 4.73. The average molecular weight is 277 g/mol. The second-order valence-corrected chi connectivity index (χ2v) is 4.78. The van der Waals surface area contributed by atoms with E-state index in [1.54, 1.807) is 12.1 Å². The van der Waals surface area contributed by atoms with Crippen molar-refractivity contribution in [3.8, 4) is 0 Å². The fourth-order valence-corrected chi connectivity index (χ4v) is 2.49. The molecular weight excluding hydrogens is 269 g/mol. The molecule has 19 heavy (non-hydrogen) atoms. The van der Waals surface area contributed by atoms with Crippen molar-refractivity contribution in [3.63, 3.8) is 0 Å². The maximum Gasteiger partial charge on any atom is 0.247 e. The number of thiazole rings is 1. The number of hydrogen-bond donors (Lipinski definition) is 1. The SMILES string of the molecule is O=C(Cn1cncn1)Nc1nc2c(F)cccc2s1. The smallest absolute Gasteiger partial charge is 0.247 e. The number of para-hydroxylation sites is 1. The van der Waals surface area contributed by atoms with E-state index in [9.17, 15) is 9.18 Å². The number of nitrogens with zero attached hydrogens (tertiary/aromatic N) is 4. The van der Waals surface area contributed by atoms with Gasteiger partial charge in [-0.1, -0.05) is 17.4 Å². The van der Waals surface area contributed by atoms with Gasteiger partial charge in [-0.05, 0) is 12.1 Å². The molecule has 1 N–H and O–H groups in total. The molecule has 3 aromatic rings. The number of fused-ring (bicyclic) bond motifs is 1. The first kappa shape index (κ1) is 11.7. The minimum absolute atomic E-state index is 0.0401. The van der Waals surface area contributed by atoms with Crippen molar-refractivity contribution in [3.05, 3.63) is 36.7 Å². The summed E-state index contributed by atoms with van der Waals surface area (Å²) in [7, 11) is 0. The van der Waals surface area contributed by atoms with Gasteiger partial charge in [0.05, 0.1) is 4.70 Å². The third kappa shape index (κ3) is 2.43. The lowest BCUT2D eigenvalue weighted by Gasteiger charge is -2.00. The Morgan fingerprint density at radius 2 is 2.37 bits per heavy atom. The normalized spacial score (nSPS) is 10.8. The Kier molecular flexibility index (Phi) is 2.92. The summed E-state index contributed by atoms with van der Waals surface area (Å²) in [5, 5.41) is 6.80. The van der Waals surface area contributed by atoms with Gasteiger partial charge in [-0.3, -0.25) is 4.79 Å². The van der Waals surface area contributed by atoms with Crippen molar-refractivity contribution < 1.29 is 9.18 Å². The third-order valence-corrected chi connectivity index (χ3v) is 3.32. The molecule has 0 saturated heterocycles. The molecule has 8 heteroatoms. The van der Waals surface area contributed by atoms with Crippen LogP contribution in [0.2, 0.25) is 0 Å². The maximum absolute atomic E-state index is 13.5. The first-order chi connectivity index (χ1) is 9.22. The van der Waals surface area contributed by atoms with Gasteiger partial charge in [-0.25, -0.2) is 19.0 Å². The molecule has 0 radical (unpaired) electrons. The van der Waals surface area contributed by atoms with Crippen molar-refractivity contribution in [1.29, 1.82) is 0 Å². The second-order valence-electron chi connectivity index (χ2n) is 3.75. The van der Waals surface area contributed by atoms with Crippen molar-refractivity contribution in [2.45, 2.75) is 6.54 Å². The van der Waals surface area contributed by atoms with Crippen LogP contribution in [0.15, 0.2) is 30.9 Å². The lowest BCUT2D eigenvalue weighted by molar-refractivity contribution is -0.116. The van der Waals surface area contributed by atoms with Gasteiger partial charge < -0.3 is 5.32 Å². The summed E-state index contributed by atoms with van der Waals surface area (Å²) in [6.07, 6.45) is 2.79. The molecule has 0 spiro atoms. The van der Waals surface area contributed by atoms with E-state index in [0.717, 1.165) is 0 Å². The van der Waals surface area contributed by atoms with Gasteiger partial charge in [0.25, 0.3) is 0 Å². The third-order valence-electron chi connectivity index (χ3n) is 2.39. The van der Waals surface area contributed by atoms with E-state index >= 15 is 0 Å². The zero-order chi connectivity index (χ0) is 13.2. The van der Waals surface area contributed by atoms with Gasteiger partial charge in [0, 0.05) is 0 Å². The Balaban J connectivity index is 1.78. The highest BCUT2D eigenvalue weighted by Crippen LogP contribution is 2.27. The highest BCUT2D eigenvalue weighted by molar-refractivity contribution is 7.22. The molecule has 0 bridgehead atoms. The van der Waals surface area contributed by atoms with Crippen molar-refractivity contribution in [2.75, 3.05) is 5.32 Å². The summed E-state index contributed by atoms with van der Waals surface area (Å²) in [5.41, 5.74) is 0.267. The standard InChI is InChI=1S/C11H8FN5OS/c12-7-2-1-3-8-10(7)16-11(19-8)15-9(18)4-17-6-13-5-14-17/h1-3,5-6H,4H2,(H,15,16,18). The number of carbonyl (C=O) groups is 1. The van der Waals surface area contributed by atoms with Crippen LogP contribution in [0.4, 0.5) is 9.52 Å². The van der Waals surface area contributed by atoms with Crippen LogP contribution in [-0.4, -0.2) is 25.7 Å². The van der Waals surface area contributed by atoms with Gasteiger partial charge in [0.1, 0.15) is 30.5 Å². The van der Waals surface area contributed by atoms with Crippen LogP contribution in [-0.2, 0) is 11.3 Å². The summed E-state index contributed by atoms with van der Waals surface area (Å²) in [4.78, 5) is 19.5. The summed E-state index contributed by atoms with van der Waals surface area (Å²) in [5.74, 6) is -0.685. The van der Waals surface area contributed by atoms with Gasteiger partial charge in [-0.2, -0.15) is 5.10 Å². The molecule has 0 unspecified atom stereocenters. The fourth-order valence-electron chi connectivity index (χ4n) is 1.59. The Bertz CT molecular complexity index is 724. The molecule has 0 saturated carbocycles. The first-order valence-electron chi connectivity index (χ1n) is 5.40. The Morgan fingerprint density at radius 3 is 3.11 bits per heavy atom. The summed E-state index contributed by atoms with van der Waals surface area (Å²) >= 11 is 1.22. The van der Waals surface area contributed by atoms with E-state index < -0.39 is 5.82 Å². The van der Waals surface area contributed by atoms with Gasteiger partial charge >= 0.3 is 0 Å². The van der Waals surface area contributed by atoms with Crippen molar-refractivity contribution in [2.24, 2.45) is 0 Å². The molecule has 2 heterocycles. The number of anilines is 1. The molecule has 0 aliphatic heterocycles. The molecule has 96 valence electrons. The fraction of sp³-hybridized carbons (Fsp3) is 0.0909. The van der Waals surface area contributed by atoms with E-state index in [0.29, 0.717) is 9.83 Å². The van der Waals surface area contributed by atoms with Crippen LogP contribution < -0.4 is 5.32 Å². The molecule has 1 amide bonds. The monoisotopic (exact) mass is 277 g/mol. The van der Waals surface area contributed by atoms with E-state index in [2.05, 4.69) is 20.4 Å². The number of carbonyl (C=O) groups excluding carboxylic acids is 1. The summed E-state index contributed by atoms with van der Waals surface area (Å²) < 4.78 is 15.5. The van der Waals surface area contributed by atoms with Gasteiger partial charge in [0.2, 0.25) is 5.91 Å². The molecular formula is C11H8FN5OS. The lowest BCUT2D eigenvalue weighted by Crippen LogP contribution is -2.18. The van der Waals surface area contributed by atoms with Crippen LogP contribution in [0.3, 0.4) is 0 Å². The number of benzene rings is 1. The number of nitrogens with one attached hydrogen (secondary N) is 1. The minimum atomic E-state index is -0.398. The quantitative estimate of drug-likeness (QED) is 0.790. The van der Waals surface area contributed by atoms with Gasteiger partial charge in [-0.15, -0.1) is 0 Å². The predicted octanol–water partition coefficient (Wildman–Crippen LogP) is 1.67.